The summed E-state index contributed by atoms with van der Waals surface area (Å²) in [5, 5.41) is 9.27. The third kappa shape index (κ3) is 5.64. The van der Waals surface area contributed by atoms with Gasteiger partial charge in [-0.2, -0.15) is 0 Å². The summed E-state index contributed by atoms with van der Waals surface area (Å²) in [5.74, 6) is -0.331. The van der Waals surface area contributed by atoms with Gasteiger partial charge < -0.3 is 0 Å². The molecule has 0 unspecified atom stereocenters. The van der Waals surface area contributed by atoms with E-state index in [2.05, 4.69) is 32.5 Å². The van der Waals surface area contributed by atoms with E-state index in [9.17, 15) is 4.39 Å². The summed E-state index contributed by atoms with van der Waals surface area (Å²) in [6.07, 6.45) is 4.03. The summed E-state index contributed by atoms with van der Waals surface area (Å²) in [7, 11) is 0. The second kappa shape index (κ2) is 9.48. The number of nitrogens with zero attached hydrogens (tertiary/aromatic N) is 4. The maximum absolute atomic E-state index is 13.8. The quantitative estimate of drug-likeness (QED) is 0.316. The molecule has 0 aliphatic heterocycles. The maximum Gasteiger partial charge on any atom is 0.175 e. The Morgan fingerprint density at radius 3 is 2.80 bits per heavy atom. The van der Waals surface area contributed by atoms with Gasteiger partial charge in [0, 0.05) is 16.9 Å². The molecule has 25 heavy (non-hydrogen) atoms. The van der Waals surface area contributed by atoms with Gasteiger partial charge in [-0.3, -0.25) is 4.98 Å². The highest BCUT2D eigenvalue weighted by Crippen LogP contribution is 2.34. The monoisotopic (exact) mass is 434 g/mol. The molecule has 0 amide bonds. The van der Waals surface area contributed by atoms with E-state index >= 15 is 0 Å². The van der Waals surface area contributed by atoms with Crippen molar-refractivity contribution < 1.29 is 4.39 Å². The van der Waals surface area contributed by atoms with Gasteiger partial charge in [-0.05, 0) is 12.5 Å². The van der Waals surface area contributed by atoms with Crippen LogP contribution in [0.4, 0.5) is 4.39 Å². The topological polar surface area (TPSA) is 51.6 Å². The molecule has 10 heteroatoms. The zero-order valence-electron chi connectivity index (χ0n) is 12.8. The number of rotatable bonds is 6. The number of halogens is 4. The first-order chi connectivity index (χ1) is 11.9. The van der Waals surface area contributed by atoms with Crippen LogP contribution in [0, 0.1) is 0 Å². The molecule has 2 heterocycles. The van der Waals surface area contributed by atoms with E-state index in [0.29, 0.717) is 31.4 Å². The van der Waals surface area contributed by atoms with Crippen LogP contribution in [0.15, 0.2) is 56.6 Å². The fraction of sp³-hybridized carbons (Fsp3) is 0.133. The molecule has 4 nitrogen and oxygen atoms in total. The third-order valence-electron chi connectivity index (χ3n) is 2.69. The van der Waals surface area contributed by atoms with E-state index in [4.69, 9.17) is 34.8 Å². The van der Waals surface area contributed by atoms with Crippen LogP contribution in [-0.2, 0) is 0 Å². The van der Waals surface area contributed by atoms with Crippen molar-refractivity contribution in [3.63, 3.8) is 0 Å². The van der Waals surface area contributed by atoms with Gasteiger partial charge in [-0.25, -0.2) is 9.37 Å². The molecule has 0 saturated heterocycles. The van der Waals surface area contributed by atoms with Crippen molar-refractivity contribution in [3.05, 3.63) is 57.4 Å². The van der Waals surface area contributed by atoms with Crippen molar-refractivity contribution in [2.45, 2.75) is 11.3 Å². The van der Waals surface area contributed by atoms with Crippen molar-refractivity contribution >= 4 is 57.9 Å². The normalized spacial score (nSPS) is 13.0. The zero-order valence-corrected chi connectivity index (χ0v) is 16.7. The fourth-order valence-electron chi connectivity index (χ4n) is 1.56. The third-order valence-corrected chi connectivity index (χ3v) is 5.61. The van der Waals surface area contributed by atoms with E-state index in [-0.39, 0.29) is 10.2 Å². The summed E-state index contributed by atoms with van der Waals surface area (Å²) in [5.41, 5.74) is 3.32. The molecular weight excluding hydrogens is 426 g/mol. The first-order valence-electron chi connectivity index (χ1n) is 6.63. The zero-order chi connectivity index (χ0) is 18.4. The highest BCUT2D eigenvalue weighted by atomic mass is 35.5. The van der Waals surface area contributed by atoms with Gasteiger partial charge in [0.25, 0.3) is 0 Å². The maximum atomic E-state index is 13.8. The molecular formula is C15H10Cl3FN4S2. The number of thioether (sulfide) groups is 1. The van der Waals surface area contributed by atoms with E-state index in [0.717, 1.165) is 6.08 Å². The van der Waals surface area contributed by atoms with E-state index < -0.39 is 5.83 Å². The lowest BCUT2D eigenvalue weighted by Gasteiger charge is -2.06. The van der Waals surface area contributed by atoms with Crippen molar-refractivity contribution in [3.8, 4) is 10.7 Å². The summed E-state index contributed by atoms with van der Waals surface area (Å²) >= 11 is 20.5. The standard InChI is InChI=1S/C15H10Cl3FN4S2/c1-3-4-10(19)13(18)9(8(2)16)7-24-15-23-22-14(25-15)11-5-20-6-12(17)21-11/h4-6H,1,7H2,2H3/b9-8+,13-10-. The van der Waals surface area contributed by atoms with Gasteiger partial charge in [0.15, 0.2) is 9.35 Å². The largest absolute Gasteiger partial charge is 0.259 e. The highest BCUT2D eigenvalue weighted by Gasteiger charge is 2.14. The van der Waals surface area contributed by atoms with E-state index in [1.165, 1.54) is 29.3 Å². The van der Waals surface area contributed by atoms with Crippen LogP contribution in [-0.4, -0.2) is 25.9 Å². The molecule has 0 aliphatic rings. The lowest BCUT2D eigenvalue weighted by Crippen LogP contribution is -1.92. The Labute approximate surface area is 167 Å². The highest BCUT2D eigenvalue weighted by molar-refractivity contribution is 8.01. The minimum Gasteiger partial charge on any atom is -0.259 e. The van der Waals surface area contributed by atoms with Crippen LogP contribution in [0.1, 0.15) is 6.92 Å². The molecule has 0 N–H and O–H groups in total. The molecule has 0 radical (unpaired) electrons. The Hall–Kier alpha value is -1.21. The number of allylic oxidation sites excluding steroid dienone is 4. The Morgan fingerprint density at radius 1 is 1.40 bits per heavy atom. The molecule has 0 bridgehead atoms. The Balaban J connectivity index is 2.16. The second-order valence-corrected chi connectivity index (χ2v) is 7.94. The minimum atomic E-state index is -0.653. The van der Waals surface area contributed by atoms with Crippen molar-refractivity contribution in [2.75, 3.05) is 5.75 Å². The van der Waals surface area contributed by atoms with Gasteiger partial charge in [-0.1, -0.05) is 64.5 Å². The average Bonchev–Trinajstić information content (AvgIpc) is 3.03. The van der Waals surface area contributed by atoms with Gasteiger partial charge in [0.2, 0.25) is 0 Å². The summed E-state index contributed by atoms with van der Waals surface area (Å²) in [6.45, 7) is 4.95. The summed E-state index contributed by atoms with van der Waals surface area (Å²) < 4.78 is 14.5. The van der Waals surface area contributed by atoms with Gasteiger partial charge in [0.05, 0.1) is 17.4 Å². The first-order valence-corrected chi connectivity index (χ1v) is 9.57. The Kier molecular flexibility index (Phi) is 7.62. The Bertz CT molecular complexity index is 884. The van der Waals surface area contributed by atoms with Crippen LogP contribution in [0.3, 0.4) is 0 Å². The molecule has 0 aliphatic carbocycles. The number of aromatic nitrogens is 4. The molecule has 2 rings (SSSR count). The average molecular weight is 436 g/mol. The molecule has 0 fully saturated rings. The van der Waals surface area contributed by atoms with E-state index in [1.807, 2.05) is 0 Å². The predicted octanol–water partition coefficient (Wildman–Crippen LogP) is 6.01. The van der Waals surface area contributed by atoms with Gasteiger partial charge >= 0.3 is 0 Å². The Morgan fingerprint density at radius 2 is 2.16 bits per heavy atom. The molecule has 2 aromatic rings. The minimum absolute atomic E-state index is 0.0819. The smallest absolute Gasteiger partial charge is 0.175 e. The van der Waals surface area contributed by atoms with Gasteiger partial charge in [-0.15, -0.1) is 15.9 Å². The van der Waals surface area contributed by atoms with Crippen LogP contribution in [0.25, 0.3) is 10.7 Å². The van der Waals surface area contributed by atoms with Crippen molar-refractivity contribution in [1.82, 2.24) is 20.2 Å². The molecule has 0 spiro atoms. The van der Waals surface area contributed by atoms with Gasteiger partial charge in [0.1, 0.15) is 16.7 Å². The van der Waals surface area contributed by atoms with Crippen LogP contribution in [0.5, 0.6) is 0 Å². The number of hydrogen-bond acceptors (Lipinski definition) is 6. The summed E-state index contributed by atoms with van der Waals surface area (Å²) in [4.78, 5) is 8.09. The lowest BCUT2D eigenvalue weighted by atomic mass is 10.2. The van der Waals surface area contributed by atoms with Crippen LogP contribution >= 0.6 is 57.9 Å². The fourth-order valence-corrected chi connectivity index (χ4v) is 4.25. The molecule has 0 atom stereocenters. The number of hydrogen-bond donors (Lipinski definition) is 0. The molecule has 0 aromatic carbocycles. The van der Waals surface area contributed by atoms with Crippen LogP contribution < -0.4 is 0 Å². The van der Waals surface area contributed by atoms with E-state index in [1.54, 1.807) is 13.1 Å². The van der Waals surface area contributed by atoms with Crippen molar-refractivity contribution in [1.29, 1.82) is 0 Å². The molecule has 0 saturated carbocycles. The second-order valence-electron chi connectivity index (χ2n) is 4.41. The predicted molar refractivity (Wildman–Crippen MR) is 103 cm³/mol. The molecule has 130 valence electrons. The summed E-state index contributed by atoms with van der Waals surface area (Å²) in [6, 6.07) is 0. The molecule has 2 aromatic heterocycles. The first kappa shape index (κ1) is 20.1. The van der Waals surface area contributed by atoms with Crippen LogP contribution in [0.2, 0.25) is 5.15 Å². The lowest BCUT2D eigenvalue weighted by molar-refractivity contribution is 0.663. The SMILES string of the molecule is C=C=C/C(F)=C(Cl)\C(CSc1nnc(-c2cncc(Cl)n2)s1)=C(/C)Cl. The van der Waals surface area contributed by atoms with Crippen molar-refractivity contribution in [2.24, 2.45) is 0 Å².